The minimum atomic E-state index is -0.228. The highest BCUT2D eigenvalue weighted by atomic mass is 32.1. The summed E-state index contributed by atoms with van der Waals surface area (Å²) in [7, 11) is 0. The van der Waals surface area contributed by atoms with Crippen molar-refractivity contribution in [3.05, 3.63) is 41.3 Å². The molecule has 2 heterocycles. The van der Waals surface area contributed by atoms with Gasteiger partial charge in [-0.3, -0.25) is 8.58 Å². The predicted octanol–water partition coefficient (Wildman–Crippen LogP) is 2.00. The molecule has 17 heavy (non-hydrogen) atoms. The first-order valence-corrected chi connectivity index (χ1v) is 5.94. The van der Waals surface area contributed by atoms with Gasteiger partial charge in [-0.2, -0.15) is 9.98 Å². The molecule has 4 nitrogen and oxygen atoms in total. The Balaban J connectivity index is 2.43. The quantitative estimate of drug-likeness (QED) is 0.606. The molecule has 0 aliphatic heterocycles. The molecule has 0 N–H and O–H groups in total. The fourth-order valence-corrected chi connectivity index (χ4v) is 2.57. The molecule has 84 valence electrons. The lowest BCUT2D eigenvalue weighted by Gasteiger charge is -1.97. The van der Waals surface area contributed by atoms with Crippen molar-refractivity contribution in [2.45, 2.75) is 6.92 Å². The van der Waals surface area contributed by atoms with Gasteiger partial charge in [0.25, 0.3) is 0 Å². The van der Waals surface area contributed by atoms with Gasteiger partial charge in [0.05, 0.1) is 0 Å². The van der Waals surface area contributed by atoms with E-state index in [2.05, 4.69) is 9.98 Å². The molecule has 1 amide bonds. The van der Waals surface area contributed by atoms with Gasteiger partial charge in [0.2, 0.25) is 10.7 Å². The zero-order valence-corrected chi connectivity index (χ0v) is 9.94. The molecular formula is C12H9N3OS. The lowest BCUT2D eigenvalue weighted by Crippen LogP contribution is -2.00. The van der Waals surface area contributed by atoms with Gasteiger partial charge in [0.1, 0.15) is 0 Å². The Hall–Kier alpha value is -2.01. The highest BCUT2D eigenvalue weighted by Gasteiger charge is 2.03. The smallest absolute Gasteiger partial charge is 0.245 e. The molecule has 3 rings (SSSR count). The van der Waals surface area contributed by atoms with E-state index in [1.165, 1.54) is 18.5 Å². The van der Waals surface area contributed by atoms with Crippen molar-refractivity contribution >= 4 is 33.9 Å². The Morgan fingerprint density at radius 3 is 3.00 bits per heavy atom. The Kier molecular flexibility index (Phi) is 2.26. The summed E-state index contributed by atoms with van der Waals surface area (Å²) in [5, 5.41) is 2.20. The SMILES string of the molecule is CC(=O)N=c1nc2c3ccccc3ccn2s1. The molecule has 0 fully saturated rings. The maximum absolute atomic E-state index is 10.9. The van der Waals surface area contributed by atoms with Gasteiger partial charge in [0, 0.05) is 18.5 Å². The van der Waals surface area contributed by atoms with Crippen molar-refractivity contribution in [3.8, 4) is 0 Å². The second-order valence-corrected chi connectivity index (χ2v) is 4.61. The molecule has 0 saturated heterocycles. The fraction of sp³-hybridized carbons (Fsp3) is 0.0833. The van der Waals surface area contributed by atoms with E-state index in [0.29, 0.717) is 4.80 Å². The van der Waals surface area contributed by atoms with Gasteiger partial charge in [-0.1, -0.05) is 24.3 Å². The normalized spacial score (nSPS) is 12.4. The summed E-state index contributed by atoms with van der Waals surface area (Å²) < 4.78 is 1.92. The van der Waals surface area contributed by atoms with Crippen LogP contribution in [0.5, 0.6) is 0 Å². The van der Waals surface area contributed by atoms with Crippen LogP contribution in [-0.4, -0.2) is 14.7 Å². The van der Waals surface area contributed by atoms with Crippen molar-refractivity contribution in [2.75, 3.05) is 0 Å². The summed E-state index contributed by atoms with van der Waals surface area (Å²) in [6.45, 7) is 1.43. The van der Waals surface area contributed by atoms with Gasteiger partial charge < -0.3 is 0 Å². The molecule has 0 atom stereocenters. The molecule has 5 heteroatoms. The molecule has 0 bridgehead atoms. The average molecular weight is 243 g/mol. The second-order valence-electron chi connectivity index (χ2n) is 3.67. The largest absolute Gasteiger partial charge is 0.273 e. The van der Waals surface area contributed by atoms with E-state index >= 15 is 0 Å². The summed E-state index contributed by atoms with van der Waals surface area (Å²) in [5.41, 5.74) is 0.841. The number of pyridine rings is 1. The first-order valence-electron chi connectivity index (χ1n) is 5.17. The Bertz CT molecular complexity index is 785. The minimum absolute atomic E-state index is 0.228. The monoisotopic (exact) mass is 243 g/mol. The number of carbonyl (C=O) groups is 1. The summed E-state index contributed by atoms with van der Waals surface area (Å²) in [5.74, 6) is -0.228. The van der Waals surface area contributed by atoms with Gasteiger partial charge in [-0.15, -0.1) is 0 Å². The highest BCUT2D eigenvalue weighted by Crippen LogP contribution is 2.18. The van der Waals surface area contributed by atoms with E-state index in [4.69, 9.17) is 0 Å². The van der Waals surface area contributed by atoms with Crippen molar-refractivity contribution in [1.82, 2.24) is 8.77 Å². The Morgan fingerprint density at radius 2 is 2.18 bits per heavy atom. The molecule has 0 saturated carbocycles. The van der Waals surface area contributed by atoms with Crippen molar-refractivity contribution in [2.24, 2.45) is 4.99 Å². The maximum atomic E-state index is 10.9. The van der Waals surface area contributed by atoms with Crippen LogP contribution in [0.15, 0.2) is 41.5 Å². The van der Waals surface area contributed by atoms with Crippen LogP contribution in [0.3, 0.4) is 0 Å². The number of aromatic nitrogens is 2. The van der Waals surface area contributed by atoms with Crippen LogP contribution < -0.4 is 4.80 Å². The number of benzene rings is 1. The third kappa shape index (κ3) is 1.74. The molecule has 0 unspecified atom stereocenters. The maximum Gasteiger partial charge on any atom is 0.245 e. The lowest BCUT2D eigenvalue weighted by molar-refractivity contribution is -0.116. The Morgan fingerprint density at radius 1 is 1.35 bits per heavy atom. The van der Waals surface area contributed by atoms with Crippen LogP contribution >= 0.6 is 11.5 Å². The average Bonchev–Trinajstić information content (AvgIpc) is 2.70. The minimum Gasteiger partial charge on any atom is -0.273 e. The van der Waals surface area contributed by atoms with Crippen LogP contribution in [0.4, 0.5) is 0 Å². The van der Waals surface area contributed by atoms with Crippen molar-refractivity contribution in [1.29, 1.82) is 0 Å². The number of nitrogens with zero attached hydrogens (tertiary/aromatic N) is 3. The van der Waals surface area contributed by atoms with Gasteiger partial charge >= 0.3 is 0 Å². The number of amides is 1. The number of rotatable bonds is 0. The van der Waals surface area contributed by atoms with Gasteiger partial charge in [-0.05, 0) is 23.0 Å². The van der Waals surface area contributed by atoms with Crippen LogP contribution in [-0.2, 0) is 4.79 Å². The first kappa shape index (κ1) is 10.2. The number of carbonyl (C=O) groups excluding carboxylic acids is 1. The second kappa shape index (κ2) is 3.78. The summed E-state index contributed by atoms with van der Waals surface area (Å²) in [4.78, 5) is 19.7. The van der Waals surface area contributed by atoms with E-state index in [9.17, 15) is 4.79 Å². The highest BCUT2D eigenvalue weighted by molar-refractivity contribution is 7.03. The Labute approximate surface area is 101 Å². The molecule has 0 aliphatic rings. The first-order chi connectivity index (χ1) is 8.24. The van der Waals surface area contributed by atoms with E-state index in [1.807, 2.05) is 40.3 Å². The molecule has 1 aromatic carbocycles. The lowest BCUT2D eigenvalue weighted by atomic mass is 10.2. The third-order valence-electron chi connectivity index (χ3n) is 2.43. The van der Waals surface area contributed by atoms with E-state index in [1.54, 1.807) is 0 Å². The van der Waals surface area contributed by atoms with E-state index in [-0.39, 0.29) is 5.91 Å². The summed E-state index contributed by atoms with van der Waals surface area (Å²) in [6.07, 6.45) is 1.94. The molecule has 3 aromatic rings. The fourth-order valence-electron chi connectivity index (χ4n) is 1.75. The standard InChI is InChI=1S/C12H9N3OS/c1-8(16)13-12-14-11-10-5-3-2-4-9(10)6-7-15(11)17-12/h2-7H,1H3. The molecule has 0 spiro atoms. The zero-order valence-electron chi connectivity index (χ0n) is 9.12. The molecule has 0 radical (unpaired) electrons. The van der Waals surface area contributed by atoms with Crippen LogP contribution in [0.2, 0.25) is 0 Å². The summed E-state index contributed by atoms with van der Waals surface area (Å²) >= 11 is 1.36. The number of hydrogen-bond acceptors (Lipinski definition) is 3. The molecule has 0 aliphatic carbocycles. The van der Waals surface area contributed by atoms with Crippen LogP contribution in [0.1, 0.15) is 6.92 Å². The van der Waals surface area contributed by atoms with Gasteiger partial charge in [-0.25, -0.2) is 0 Å². The van der Waals surface area contributed by atoms with E-state index in [0.717, 1.165) is 16.4 Å². The van der Waals surface area contributed by atoms with Crippen LogP contribution in [0, 0.1) is 0 Å². The zero-order chi connectivity index (χ0) is 11.8. The van der Waals surface area contributed by atoms with Crippen molar-refractivity contribution < 1.29 is 4.79 Å². The predicted molar refractivity (Wildman–Crippen MR) is 66.8 cm³/mol. The third-order valence-corrected chi connectivity index (χ3v) is 3.27. The van der Waals surface area contributed by atoms with Gasteiger partial charge in [0.15, 0.2) is 5.65 Å². The summed E-state index contributed by atoms with van der Waals surface area (Å²) in [6, 6.07) is 10.0. The topological polar surface area (TPSA) is 46.7 Å². The number of hydrogen-bond donors (Lipinski definition) is 0. The molecular weight excluding hydrogens is 234 g/mol. The van der Waals surface area contributed by atoms with E-state index < -0.39 is 0 Å². The number of fused-ring (bicyclic) bond motifs is 3. The molecule has 2 aromatic heterocycles. The van der Waals surface area contributed by atoms with Crippen molar-refractivity contribution in [3.63, 3.8) is 0 Å². The van der Waals surface area contributed by atoms with Crippen LogP contribution in [0.25, 0.3) is 16.4 Å².